The molecule has 2 aromatic carbocycles. The number of hydrogen-bond acceptors (Lipinski definition) is 8. The number of benzene rings is 2. The van der Waals surface area contributed by atoms with Crippen molar-refractivity contribution in [2.75, 3.05) is 13.9 Å². The van der Waals surface area contributed by atoms with Gasteiger partial charge < -0.3 is 19.2 Å². The van der Waals surface area contributed by atoms with Crippen molar-refractivity contribution < 1.29 is 14.2 Å². The van der Waals surface area contributed by atoms with E-state index in [1.165, 1.54) is 19.3 Å². The van der Waals surface area contributed by atoms with E-state index in [1.807, 2.05) is 30.3 Å². The van der Waals surface area contributed by atoms with E-state index in [-0.39, 0.29) is 18.4 Å². The number of methoxy groups -OCH3 is 1. The number of aromatic nitrogens is 5. The van der Waals surface area contributed by atoms with Crippen LogP contribution in [0.1, 0.15) is 80.9 Å². The van der Waals surface area contributed by atoms with Gasteiger partial charge in [0.1, 0.15) is 5.75 Å². The summed E-state index contributed by atoms with van der Waals surface area (Å²) in [5.41, 5.74) is 2.41. The predicted molar refractivity (Wildman–Crippen MR) is 151 cm³/mol. The SMILES string of the molecule is CCCC(c1nnnn1C1CCCCC1)N(Cc1ccc(OC)cc1)Cc1cc2cc3c(cc2[nH]c1=O)OCO3. The van der Waals surface area contributed by atoms with Gasteiger partial charge in [-0.2, -0.15) is 0 Å². The van der Waals surface area contributed by atoms with E-state index in [9.17, 15) is 4.79 Å². The van der Waals surface area contributed by atoms with Gasteiger partial charge in [-0.15, -0.1) is 5.10 Å². The van der Waals surface area contributed by atoms with Crippen molar-refractivity contribution in [3.8, 4) is 17.2 Å². The molecule has 1 unspecified atom stereocenters. The number of H-pyrrole nitrogens is 1. The number of aromatic amines is 1. The van der Waals surface area contributed by atoms with Crippen molar-refractivity contribution >= 4 is 10.9 Å². The van der Waals surface area contributed by atoms with Crippen LogP contribution in [0, 0.1) is 0 Å². The van der Waals surface area contributed by atoms with E-state index in [0.717, 1.165) is 53.7 Å². The second kappa shape index (κ2) is 11.7. The maximum atomic E-state index is 13.4. The first-order chi connectivity index (χ1) is 19.6. The lowest BCUT2D eigenvalue weighted by atomic mass is 9.95. The quantitative estimate of drug-likeness (QED) is 0.287. The summed E-state index contributed by atoms with van der Waals surface area (Å²) in [6.45, 7) is 3.43. The van der Waals surface area contributed by atoms with Gasteiger partial charge in [0.15, 0.2) is 17.3 Å². The summed E-state index contributed by atoms with van der Waals surface area (Å²) >= 11 is 0. The highest BCUT2D eigenvalue weighted by Crippen LogP contribution is 2.36. The van der Waals surface area contributed by atoms with Crippen LogP contribution in [0.25, 0.3) is 10.9 Å². The Morgan fingerprint density at radius 3 is 2.60 bits per heavy atom. The molecule has 2 aliphatic rings. The molecule has 1 atom stereocenters. The Labute approximate surface area is 233 Å². The highest BCUT2D eigenvalue weighted by molar-refractivity contribution is 5.83. The first-order valence-corrected chi connectivity index (χ1v) is 14.2. The van der Waals surface area contributed by atoms with Gasteiger partial charge in [-0.25, -0.2) is 4.68 Å². The van der Waals surface area contributed by atoms with Crippen LogP contribution in [0.15, 0.2) is 47.3 Å². The smallest absolute Gasteiger partial charge is 0.252 e. The Kier molecular flexibility index (Phi) is 7.68. The maximum Gasteiger partial charge on any atom is 0.252 e. The molecule has 4 aromatic rings. The molecule has 0 bridgehead atoms. The van der Waals surface area contributed by atoms with Gasteiger partial charge in [0.2, 0.25) is 6.79 Å². The van der Waals surface area contributed by atoms with Crippen molar-refractivity contribution in [2.45, 2.75) is 77.0 Å². The number of tetrazole rings is 1. The lowest BCUT2D eigenvalue weighted by molar-refractivity contribution is 0.150. The fraction of sp³-hybridized carbons (Fsp3) is 0.467. The minimum absolute atomic E-state index is 0.0594. The average molecular weight is 545 g/mol. The molecule has 1 N–H and O–H groups in total. The fourth-order valence-corrected chi connectivity index (χ4v) is 5.97. The molecular weight excluding hydrogens is 508 g/mol. The van der Waals surface area contributed by atoms with Crippen LogP contribution in [0.3, 0.4) is 0 Å². The van der Waals surface area contributed by atoms with E-state index < -0.39 is 0 Å². The summed E-state index contributed by atoms with van der Waals surface area (Å²) in [6, 6.07) is 14.1. The molecule has 1 aliphatic carbocycles. The van der Waals surface area contributed by atoms with E-state index in [1.54, 1.807) is 7.11 Å². The minimum Gasteiger partial charge on any atom is -0.497 e. The molecule has 1 aliphatic heterocycles. The zero-order chi connectivity index (χ0) is 27.5. The van der Waals surface area contributed by atoms with Crippen molar-refractivity contribution in [3.05, 3.63) is 69.8 Å². The zero-order valence-electron chi connectivity index (χ0n) is 23.1. The van der Waals surface area contributed by atoms with Gasteiger partial charge in [0, 0.05) is 30.1 Å². The van der Waals surface area contributed by atoms with E-state index in [2.05, 4.69) is 49.1 Å². The number of nitrogens with one attached hydrogen (secondary N) is 1. The van der Waals surface area contributed by atoms with Gasteiger partial charge in [-0.1, -0.05) is 44.7 Å². The van der Waals surface area contributed by atoms with Gasteiger partial charge in [-0.3, -0.25) is 9.69 Å². The van der Waals surface area contributed by atoms with Gasteiger partial charge >= 0.3 is 0 Å². The molecule has 0 saturated heterocycles. The molecule has 0 amide bonds. The molecule has 0 spiro atoms. The number of pyridine rings is 1. The molecular formula is C30H36N6O4. The van der Waals surface area contributed by atoms with Gasteiger partial charge in [0.05, 0.1) is 24.7 Å². The summed E-state index contributed by atoms with van der Waals surface area (Å²) in [4.78, 5) is 18.8. The summed E-state index contributed by atoms with van der Waals surface area (Å²) < 4.78 is 18.5. The fourth-order valence-electron chi connectivity index (χ4n) is 5.97. The standard InChI is InChI=1S/C30H36N6O4/c1-3-7-26(29-32-33-34-36(29)23-8-5-4-6-9-23)35(17-20-10-12-24(38-2)13-11-20)18-22-14-21-15-27-28(40-19-39-27)16-25(21)31-30(22)37/h10-16,23,26H,3-9,17-19H2,1-2H3,(H,31,37). The third kappa shape index (κ3) is 5.40. The van der Waals surface area contributed by atoms with Crippen LogP contribution < -0.4 is 19.8 Å². The topological polar surface area (TPSA) is 107 Å². The normalized spacial score (nSPS) is 16.1. The van der Waals surface area contributed by atoms with Crippen molar-refractivity contribution in [3.63, 3.8) is 0 Å². The number of fused-ring (bicyclic) bond motifs is 2. The van der Waals surface area contributed by atoms with E-state index >= 15 is 0 Å². The van der Waals surface area contributed by atoms with Gasteiger partial charge in [-0.05, 0) is 59.5 Å². The first kappa shape index (κ1) is 26.3. The highest BCUT2D eigenvalue weighted by Gasteiger charge is 2.30. The Bertz CT molecular complexity index is 1510. The van der Waals surface area contributed by atoms with Crippen molar-refractivity contribution in [1.29, 1.82) is 0 Å². The lowest BCUT2D eigenvalue weighted by Gasteiger charge is -2.32. The first-order valence-electron chi connectivity index (χ1n) is 14.2. The van der Waals surface area contributed by atoms with E-state index in [4.69, 9.17) is 14.2 Å². The number of rotatable bonds is 10. The minimum atomic E-state index is -0.117. The Morgan fingerprint density at radius 1 is 1.07 bits per heavy atom. The second-order valence-electron chi connectivity index (χ2n) is 10.7. The highest BCUT2D eigenvalue weighted by atomic mass is 16.7. The van der Waals surface area contributed by atoms with Gasteiger partial charge in [0.25, 0.3) is 5.56 Å². The molecule has 6 rings (SSSR count). The summed E-state index contributed by atoms with van der Waals surface area (Å²) in [7, 11) is 1.67. The summed E-state index contributed by atoms with van der Waals surface area (Å²) in [5, 5.41) is 14.1. The average Bonchev–Trinajstić information content (AvgIpc) is 3.65. The molecule has 1 saturated carbocycles. The van der Waals surface area contributed by atoms with Crippen LogP contribution in [0.2, 0.25) is 0 Å². The predicted octanol–water partition coefficient (Wildman–Crippen LogP) is 5.30. The van der Waals surface area contributed by atoms with Crippen LogP contribution in [-0.2, 0) is 13.1 Å². The largest absolute Gasteiger partial charge is 0.497 e. The third-order valence-electron chi connectivity index (χ3n) is 8.07. The number of nitrogens with zero attached hydrogens (tertiary/aromatic N) is 5. The number of ether oxygens (including phenoxy) is 3. The molecule has 40 heavy (non-hydrogen) atoms. The molecule has 210 valence electrons. The monoisotopic (exact) mass is 544 g/mol. The second-order valence-corrected chi connectivity index (χ2v) is 10.7. The molecule has 10 heteroatoms. The Hall–Kier alpha value is -3.92. The van der Waals surface area contributed by atoms with Crippen LogP contribution in [0.4, 0.5) is 0 Å². The van der Waals surface area contributed by atoms with E-state index in [0.29, 0.717) is 36.2 Å². The summed E-state index contributed by atoms with van der Waals surface area (Å²) in [5.74, 6) is 3.03. The molecule has 2 aromatic heterocycles. The molecule has 3 heterocycles. The van der Waals surface area contributed by atoms with Crippen LogP contribution >= 0.6 is 0 Å². The number of hydrogen-bond donors (Lipinski definition) is 1. The molecule has 1 fully saturated rings. The van der Waals surface area contributed by atoms with Crippen molar-refractivity contribution in [1.82, 2.24) is 30.1 Å². The molecule has 10 nitrogen and oxygen atoms in total. The Morgan fingerprint density at radius 2 is 1.85 bits per heavy atom. The van der Waals surface area contributed by atoms with Crippen LogP contribution in [0.5, 0.6) is 17.2 Å². The zero-order valence-corrected chi connectivity index (χ0v) is 23.1. The van der Waals surface area contributed by atoms with Crippen LogP contribution in [-0.4, -0.2) is 44.0 Å². The third-order valence-corrected chi connectivity index (χ3v) is 8.07. The molecule has 0 radical (unpaired) electrons. The lowest BCUT2D eigenvalue weighted by Crippen LogP contribution is -2.33. The maximum absolute atomic E-state index is 13.4. The summed E-state index contributed by atoms with van der Waals surface area (Å²) in [6.07, 6.45) is 7.67. The Balaban J connectivity index is 1.38. The van der Waals surface area contributed by atoms with Crippen molar-refractivity contribution in [2.24, 2.45) is 0 Å².